The predicted octanol–water partition coefficient (Wildman–Crippen LogP) is 4.16. The van der Waals surface area contributed by atoms with Gasteiger partial charge >= 0.3 is 49.6 Å². The first-order valence-corrected chi connectivity index (χ1v) is 18.3. The zero-order valence-corrected chi connectivity index (χ0v) is 11.1. The van der Waals surface area contributed by atoms with Gasteiger partial charge in [-0.3, -0.25) is 0 Å². The molecule has 0 aromatic heterocycles. The third kappa shape index (κ3) is 16.1. The van der Waals surface area contributed by atoms with Crippen LogP contribution in [0.4, 0.5) is 0 Å². The van der Waals surface area contributed by atoms with Gasteiger partial charge in [-0.25, -0.2) is 12.1 Å². The molecule has 0 fully saturated rings. The second-order valence-corrected chi connectivity index (χ2v) is 29.2. The van der Waals surface area contributed by atoms with Crippen LogP contribution in [0.5, 0.6) is 0 Å². The van der Waals surface area contributed by atoms with Gasteiger partial charge < -0.3 is 0 Å². The molecule has 0 atom stereocenters. The van der Waals surface area contributed by atoms with E-state index in [1.165, 1.54) is 0 Å². The second kappa shape index (κ2) is 5.84. The van der Waals surface area contributed by atoms with Gasteiger partial charge in [0.15, 0.2) is 0 Å². The fourth-order valence-electron chi connectivity index (χ4n) is 0.321. The van der Waals surface area contributed by atoms with Crippen molar-refractivity contribution in [1.82, 2.24) is 0 Å². The Morgan fingerprint density at radius 3 is 1.30 bits per heavy atom. The average molecular weight is 388 g/mol. The molecule has 59 valence electrons. The van der Waals surface area contributed by atoms with Gasteiger partial charge in [0.1, 0.15) is 0 Å². The topological polar surface area (TPSA) is 0 Å². The average Bonchev–Trinajstić information content (AvgIpc) is 2.07. The van der Waals surface area contributed by atoms with E-state index in [-0.39, 0.29) is 0 Å². The Labute approximate surface area is 79.2 Å². The predicted molar refractivity (Wildman–Crippen MR) is 45.4 cm³/mol. The van der Waals surface area contributed by atoms with Gasteiger partial charge in [0.05, 0.1) is 0 Å². The maximum atomic E-state index is 5.04. The molecule has 0 aliphatic rings. The van der Waals surface area contributed by atoms with Crippen molar-refractivity contribution >= 4 is 36.8 Å². The quantitative estimate of drug-likeness (QED) is 0.586. The SMILES string of the molecule is [Cl][Ta]([Cl])([Cl])[Cl].c1cc[cH-]c1. The summed E-state index contributed by atoms with van der Waals surface area (Å²) < 4.78 is 0. The van der Waals surface area contributed by atoms with E-state index in [0.717, 1.165) is 0 Å². The largest absolute Gasteiger partial charge is 0.214 e. The van der Waals surface area contributed by atoms with Crippen molar-refractivity contribution in [2.24, 2.45) is 0 Å². The van der Waals surface area contributed by atoms with E-state index in [2.05, 4.69) is 0 Å². The van der Waals surface area contributed by atoms with E-state index in [1.54, 1.807) is 0 Å². The van der Waals surface area contributed by atoms with Crippen LogP contribution in [-0.2, 0) is 12.8 Å². The van der Waals surface area contributed by atoms with Gasteiger partial charge in [-0.05, 0) is 0 Å². The van der Waals surface area contributed by atoms with Gasteiger partial charge in [-0.2, -0.15) is 18.2 Å². The van der Waals surface area contributed by atoms with Crippen LogP contribution in [0.3, 0.4) is 0 Å². The van der Waals surface area contributed by atoms with Crippen molar-refractivity contribution in [3.8, 4) is 0 Å². The van der Waals surface area contributed by atoms with Crippen molar-refractivity contribution in [3.05, 3.63) is 30.3 Å². The van der Waals surface area contributed by atoms with Crippen molar-refractivity contribution in [2.45, 2.75) is 0 Å². The minimum atomic E-state index is -3.33. The Balaban J connectivity index is 0.000000162. The van der Waals surface area contributed by atoms with Crippen LogP contribution in [0.25, 0.3) is 0 Å². The number of hydrogen-bond donors (Lipinski definition) is 0. The summed E-state index contributed by atoms with van der Waals surface area (Å²) in [5, 5.41) is 0. The summed E-state index contributed by atoms with van der Waals surface area (Å²) in [7, 11) is 20.2. The van der Waals surface area contributed by atoms with Crippen LogP contribution in [0, 0.1) is 0 Å². The van der Waals surface area contributed by atoms with E-state index in [9.17, 15) is 0 Å². The first-order chi connectivity index (χ1) is 4.50. The molecular formula is C5H5Cl4Ta-. The van der Waals surface area contributed by atoms with Gasteiger partial charge in [0.25, 0.3) is 0 Å². The van der Waals surface area contributed by atoms with Crippen molar-refractivity contribution in [3.63, 3.8) is 0 Å². The van der Waals surface area contributed by atoms with E-state index in [1.807, 2.05) is 30.3 Å². The summed E-state index contributed by atoms with van der Waals surface area (Å²) in [6.07, 6.45) is 0. The molecule has 1 rings (SSSR count). The zero-order chi connectivity index (χ0) is 8.04. The van der Waals surface area contributed by atoms with E-state index in [0.29, 0.717) is 0 Å². The van der Waals surface area contributed by atoms with Crippen LogP contribution < -0.4 is 0 Å². The maximum Gasteiger partial charge on any atom is -0.172 e. The number of rotatable bonds is 0. The maximum absolute atomic E-state index is 5.04. The summed E-state index contributed by atoms with van der Waals surface area (Å²) in [5.74, 6) is 0. The normalized spacial score (nSPS) is 10.0. The molecule has 5 heteroatoms. The summed E-state index contributed by atoms with van der Waals surface area (Å²) in [4.78, 5) is 0. The molecule has 0 aliphatic carbocycles. The molecule has 0 spiro atoms. The van der Waals surface area contributed by atoms with Crippen LogP contribution in [-0.4, -0.2) is 0 Å². The monoisotopic (exact) mass is 386 g/mol. The number of halogens is 4. The van der Waals surface area contributed by atoms with E-state index < -0.39 is 12.8 Å². The third-order valence-electron chi connectivity index (χ3n) is 0.556. The van der Waals surface area contributed by atoms with Crippen LogP contribution in [0.1, 0.15) is 0 Å². The fourth-order valence-corrected chi connectivity index (χ4v) is 0.321. The van der Waals surface area contributed by atoms with Crippen LogP contribution >= 0.6 is 36.8 Å². The second-order valence-electron chi connectivity index (χ2n) is 1.35. The molecule has 10 heavy (non-hydrogen) atoms. The molecule has 0 aliphatic heterocycles. The molecule has 0 amide bonds. The minimum Gasteiger partial charge on any atom is -0.214 e. The molecule has 0 saturated carbocycles. The first kappa shape index (κ1) is 11.3. The Kier molecular flexibility index (Phi) is 6.58. The summed E-state index contributed by atoms with van der Waals surface area (Å²) >= 11 is -3.33. The van der Waals surface area contributed by atoms with Crippen LogP contribution in [0.2, 0.25) is 0 Å². The summed E-state index contributed by atoms with van der Waals surface area (Å²) in [6.45, 7) is 0. The van der Waals surface area contributed by atoms with Gasteiger partial charge in [0, 0.05) is 0 Å². The molecule has 0 nitrogen and oxygen atoms in total. The molecule has 0 saturated heterocycles. The van der Waals surface area contributed by atoms with Crippen LogP contribution in [0.15, 0.2) is 30.3 Å². The van der Waals surface area contributed by atoms with Crippen molar-refractivity contribution in [1.29, 1.82) is 0 Å². The molecular weight excluding hydrogens is 383 g/mol. The molecule has 0 bridgehead atoms. The summed E-state index contributed by atoms with van der Waals surface area (Å²) in [5.41, 5.74) is 0. The Morgan fingerprint density at radius 2 is 1.20 bits per heavy atom. The fraction of sp³-hybridized carbons (Fsp3) is 0. The Morgan fingerprint density at radius 1 is 0.900 bits per heavy atom. The molecule has 0 heterocycles. The minimum absolute atomic E-state index is 2.00. The van der Waals surface area contributed by atoms with Gasteiger partial charge in [-0.1, -0.05) is 0 Å². The molecule has 0 unspecified atom stereocenters. The first-order valence-electron chi connectivity index (χ1n) is 2.34. The van der Waals surface area contributed by atoms with Crippen molar-refractivity contribution in [2.75, 3.05) is 0 Å². The number of hydrogen-bond acceptors (Lipinski definition) is 0. The van der Waals surface area contributed by atoms with Gasteiger partial charge in [-0.15, -0.1) is 0 Å². The third-order valence-corrected chi connectivity index (χ3v) is 0.556. The Hall–Kier alpha value is 1.25. The van der Waals surface area contributed by atoms with Crippen molar-refractivity contribution < 1.29 is 12.8 Å². The van der Waals surface area contributed by atoms with E-state index in [4.69, 9.17) is 36.8 Å². The van der Waals surface area contributed by atoms with Gasteiger partial charge in [0.2, 0.25) is 0 Å². The zero-order valence-electron chi connectivity index (χ0n) is 4.85. The smallest absolute Gasteiger partial charge is 0.172 e. The Bertz CT molecular complexity index is 120. The molecule has 0 N–H and O–H groups in total. The molecule has 1 aromatic carbocycles. The molecule has 0 radical (unpaired) electrons. The summed E-state index contributed by atoms with van der Waals surface area (Å²) in [6, 6.07) is 10.0. The van der Waals surface area contributed by atoms with E-state index >= 15 is 0 Å². The molecule has 1 aromatic rings. The standard InChI is InChI=1S/C5H5.4ClH.Ta/c1-2-4-5-3-1;;;;;/h1-5H;4*1H;/q-1;;;;;+4/p-4.